The summed E-state index contributed by atoms with van der Waals surface area (Å²) in [5.74, 6) is -1.23. The predicted molar refractivity (Wildman–Crippen MR) is 67.6 cm³/mol. The van der Waals surface area contributed by atoms with Crippen LogP contribution in [0.3, 0.4) is 0 Å². The topological polar surface area (TPSA) is 39.2 Å². The number of hydrogen-bond acceptors (Lipinski definition) is 3. The average Bonchev–Trinajstić information content (AvgIpc) is 2.30. The molecule has 20 heavy (non-hydrogen) atoms. The molecule has 0 aliphatic carbocycles. The van der Waals surface area contributed by atoms with Crippen LogP contribution in [0.25, 0.3) is 0 Å². The van der Waals surface area contributed by atoms with Gasteiger partial charge in [0.1, 0.15) is 5.69 Å². The van der Waals surface area contributed by atoms with Crippen LogP contribution in [0.4, 0.5) is 22.0 Å². The first-order chi connectivity index (χ1) is 9.11. The first-order valence-electron chi connectivity index (χ1n) is 5.33. The van der Waals surface area contributed by atoms with Crippen molar-refractivity contribution in [2.45, 2.75) is 26.4 Å². The van der Waals surface area contributed by atoms with E-state index in [4.69, 9.17) is 0 Å². The van der Waals surface area contributed by atoms with E-state index < -0.39 is 35.5 Å². The van der Waals surface area contributed by atoms with E-state index in [-0.39, 0.29) is 15.7 Å². The normalized spacial score (nSPS) is 11.8. The molecule has 0 aromatic carbocycles. The molecule has 0 atom stereocenters. The minimum atomic E-state index is -5.03. The van der Waals surface area contributed by atoms with Crippen LogP contribution >= 0.6 is 22.6 Å². The minimum absolute atomic E-state index is 0.136. The molecular weight excluding hydrogens is 400 g/mol. The van der Waals surface area contributed by atoms with Crippen molar-refractivity contribution >= 4 is 28.6 Å². The summed E-state index contributed by atoms with van der Waals surface area (Å²) in [6.07, 6.45) is -8.20. The van der Waals surface area contributed by atoms with Crippen LogP contribution in [0.2, 0.25) is 0 Å². The van der Waals surface area contributed by atoms with Gasteiger partial charge in [-0.1, -0.05) is 0 Å². The third-order valence-electron chi connectivity index (χ3n) is 2.35. The first-order valence-corrected chi connectivity index (χ1v) is 6.41. The fourth-order valence-electron chi connectivity index (χ4n) is 1.51. The third kappa shape index (κ3) is 3.36. The molecule has 112 valence electrons. The fraction of sp³-hybridized carbons (Fsp3) is 0.455. The van der Waals surface area contributed by atoms with Gasteiger partial charge in [-0.15, -0.1) is 0 Å². The lowest BCUT2D eigenvalue weighted by Gasteiger charge is -2.17. The maximum Gasteiger partial charge on any atom is 0.434 e. The summed E-state index contributed by atoms with van der Waals surface area (Å²) in [6, 6.07) is 0. The monoisotopic (exact) mass is 409 g/mol. The SMILES string of the molecule is CCOC(=O)c1c(C(F)(F)F)nc(C(F)F)c(I)c1C. The zero-order valence-corrected chi connectivity index (χ0v) is 12.5. The van der Waals surface area contributed by atoms with Crippen molar-refractivity contribution in [1.29, 1.82) is 0 Å². The van der Waals surface area contributed by atoms with Crippen molar-refractivity contribution in [3.8, 4) is 0 Å². The number of ether oxygens (including phenoxy) is 1. The molecule has 0 unspecified atom stereocenters. The number of carbonyl (C=O) groups is 1. The summed E-state index contributed by atoms with van der Waals surface area (Å²) in [5, 5.41) is 0. The van der Waals surface area contributed by atoms with Crippen molar-refractivity contribution in [3.63, 3.8) is 0 Å². The quantitative estimate of drug-likeness (QED) is 0.428. The highest BCUT2D eigenvalue weighted by molar-refractivity contribution is 14.1. The lowest BCUT2D eigenvalue weighted by molar-refractivity contribution is -0.142. The van der Waals surface area contributed by atoms with Crippen molar-refractivity contribution < 1.29 is 31.5 Å². The lowest BCUT2D eigenvalue weighted by atomic mass is 10.1. The summed E-state index contributed by atoms with van der Waals surface area (Å²) in [7, 11) is 0. The number of halogens is 6. The van der Waals surface area contributed by atoms with Gasteiger partial charge in [0, 0.05) is 3.57 Å². The fourth-order valence-corrected chi connectivity index (χ4v) is 2.13. The van der Waals surface area contributed by atoms with Crippen LogP contribution < -0.4 is 0 Å². The van der Waals surface area contributed by atoms with Gasteiger partial charge < -0.3 is 4.74 Å². The summed E-state index contributed by atoms with van der Waals surface area (Å²) >= 11 is 1.43. The number of hydrogen-bond donors (Lipinski definition) is 0. The maximum absolute atomic E-state index is 12.9. The second-order valence-electron chi connectivity index (χ2n) is 3.68. The third-order valence-corrected chi connectivity index (χ3v) is 3.71. The molecule has 1 rings (SSSR count). The number of rotatable bonds is 3. The van der Waals surface area contributed by atoms with E-state index in [1.807, 2.05) is 0 Å². The Bertz CT molecular complexity index is 531. The Morgan fingerprint density at radius 3 is 2.35 bits per heavy atom. The second-order valence-corrected chi connectivity index (χ2v) is 4.76. The molecule has 0 aliphatic heterocycles. The molecule has 1 heterocycles. The molecule has 9 heteroatoms. The molecule has 0 spiro atoms. The number of carbonyl (C=O) groups excluding carboxylic acids is 1. The average molecular weight is 409 g/mol. The number of esters is 1. The number of pyridine rings is 1. The van der Waals surface area contributed by atoms with E-state index in [9.17, 15) is 26.7 Å². The van der Waals surface area contributed by atoms with Gasteiger partial charge >= 0.3 is 12.1 Å². The van der Waals surface area contributed by atoms with Crippen molar-refractivity contribution in [1.82, 2.24) is 4.98 Å². The summed E-state index contributed by atoms with van der Waals surface area (Å²) in [4.78, 5) is 14.5. The number of aromatic nitrogens is 1. The van der Waals surface area contributed by atoms with E-state index >= 15 is 0 Å². The summed E-state index contributed by atoms with van der Waals surface area (Å²) in [5.41, 5.74) is -3.69. The lowest BCUT2D eigenvalue weighted by Crippen LogP contribution is -2.21. The van der Waals surface area contributed by atoms with Crippen LogP contribution in [0.15, 0.2) is 0 Å². The second kappa shape index (κ2) is 6.19. The summed E-state index contributed by atoms with van der Waals surface area (Å²) < 4.78 is 68.4. The Kier molecular flexibility index (Phi) is 5.27. The molecule has 0 saturated heterocycles. The zero-order valence-electron chi connectivity index (χ0n) is 10.3. The molecule has 0 amide bonds. The highest BCUT2D eigenvalue weighted by Gasteiger charge is 2.40. The molecule has 0 radical (unpaired) electrons. The number of nitrogens with zero attached hydrogens (tertiary/aromatic N) is 1. The van der Waals surface area contributed by atoms with E-state index in [1.54, 1.807) is 0 Å². The van der Waals surface area contributed by atoms with Gasteiger partial charge in [0.25, 0.3) is 6.43 Å². The van der Waals surface area contributed by atoms with Crippen LogP contribution in [-0.2, 0) is 10.9 Å². The Labute approximate surface area is 124 Å². The molecule has 0 fully saturated rings. The molecular formula is C11H9F5INO2. The molecule has 1 aromatic rings. The standard InChI is InChI=1S/C11H9F5INO2/c1-3-20-10(19)5-4(2)6(17)7(9(12)13)18-8(5)11(14,15)16/h9H,3H2,1-2H3. The molecule has 0 bridgehead atoms. The largest absolute Gasteiger partial charge is 0.462 e. The molecule has 0 aliphatic rings. The van der Waals surface area contributed by atoms with E-state index in [2.05, 4.69) is 9.72 Å². The number of alkyl halides is 5. The van der Waals surface area contributed by atoms with Crippen LogP contribution in [0.1, 0.15) is 40.7 Å². The van der Waals surface area contributed by atoms with Crippen molar-refractivity contribution in [2.24, 2.45) is 0 Å². The van der Waals surface area contributed by atoms with E-state index in [1.165, 1.54) is 29.5 Å². The van der Waals surface area contributed by atoms with Gasteiger partial charge in [-0.25, -0.2) is 18.6 Å². The van der Waals surface area contributed by atoms with Gasteiger partial charge in [-0.2, -0.15) is 13.2 Å². The highest BCUT2D eigenvalue weighted by atomic mass is 127. The Morgan fingerprint density at radius 1 is 1.40 bits per heavy atom. The van der Waals surface area contributed by atoms with Gasteiger partial charge in [0.15, 0.2) is 5.69 Å². The zero-order chi connectivity index (χ0) is 15.7. The maximum atomic E-state index is 12.9. The van der Waals surface area contributed by atoms with Gasteiger partial charge in [-0.05, 0) is 42.0 Å². The summed E-state index contributed by atoms with van der Waals surface area (Å²) in [6.45, 7) is 2.44. The highest BCUT2D eigenvalue weighted by Crippen LogP contribution is 2.36. The van der Waals surface area contributed by atoms with Gasteiger partial charge in [0.2, 0.25) is 0 Å². The van der Waals surface area contributed by atoms with Crippen LogP contribution in [0, 0.1) is 10.5 Å². The van der Waals surface area contributed by atoms with Gasteiger partial charge in [-0.3, -0.25) is 0 Å². The predicted octanol–water partition coefficient (Wildman–Crippen LogP) is 4.13. The van der Waals surface area contributed by atoms with Crippen molar-refractivity contribution in [3.05, 3.63) is 26.1 Å². The Balaban J connectivity index is 3.64. The van der Waals surface area contributed by atoms with E-state index in [0.29, 0.717) is 0 Å². The Hall–Kier alpha value is -1.00. The van der Waals surface area contributed by atoms with Crippen LogP contribution in [-0.4, -0.2) is 17.6 Å². The first kappa shape index (κ1) is 17.1. The molecule has 1 aromatic heterocycles. The van der Waals surface area contributed by atoms with Gasteiger partial charge in [0.05, 0.1) is 12.2 Å². The van der Waals surface area contributed by atoms with Crippen LogP contribution in [0.5, 0.6) is 0 Å². The Morgan fingerprint density at radius 2 is 1.95 bits per heavy atom. The molecule has 0 saturated carbocycles. The molecule has 0 N–H and O–H groups in total. The molecule has 3 nitrogen and oxygen atoms in total. The van der Waals surface area contributed by atoms with E-state index in [0.717, 1.165) is 6.92 Å². The smallest absolute Gasteiger partial charge is 0.434 e. The van der Waals surface area contributed by atoms with Crippen molar-refractivity contribution in [2.75, 3.05) is 6.61 Å². The minimum Gasteiger partial charge on any atom is -0.462 e.